The Labute approximate surface area is 140 Å². The van der Waals surface area contributed by atoms with E-state index in [1.807, 2.05) is 11.0 Å². The van der Waals surface area contributed by atoms with Crippen LogP contribution in [0.2, 0.25) is 0 Å². The number of benzene rings is 1. The van der Waals surface area contributed by atoms with Crippen molar-refractivity contribution in [2.24, 2.45) is 0 Å². The summed E-state index contributed by atoms with van der Waals surface area (Å²) in [4.78, 5) is 15.6. The summed E-state index contributed by atoms with van der Waals surface area (Å²) in [6.45, 7) is 1.80. The van der Waals surface area contributed by atoms with E-state index in [2.05, 4.69) is 47.2 Å². The molecule has 0 aliphatic carbocycles. The Morgan fingerprint density at radius 2 is 1.70 bits per heavy atom. The summed E-state index contributed by atoms with van der Waals surface area (Å²) >= 11 is 1.59. The highest BCUT2D eigenvalue weighted by Gasteiger charge is 2.19. The predicted molar refractivity (Wildman–Crippen MR) is 95.5 cm³/mol. The second-order valence-corrected chi connectivity index (χ2v) is 7.15. The largest absolute Gasteiger partial charge is 0.338 e. The molecule has 1 saturated heterocycles. The van der Waals surface area contributed by atoms with Crippen LogP contribution in [0.15, 0.2) is 48.7 Å². The van der Waals surface area contributed by atoms with E-state index in [9.17, 15) is 4.79 Å². The predicted octanol–water partition coefficient (Wildman–Crippen LogP) is 4.71. The number of fused-ring (bicyclic) bond motifs is 1. The van der Waals surface area contributed by atoms with Crippen LogP contribution in [0, 0.1) is 0 Å². The molecule has 118 valence electrons. The van der Waals surface area contributed by atoms with E-state index in [-0.39, 0.29) is 5.91 Å². The van der Waals surface area contributed by atoms with E-state index in [1.165, 1.54) is 23.7 Å². The molecule has 1 amide bonds. The van der Waals surface area contributed by atoms with Gasteiger partial charge in [0.05, 0.1) is 10.4 Å². The molecule has 0 radical (unpaired) electrons. The first kappa shape index (κ1) is 14.5. The number of carbonyl (C=O) groups excluding carboxylic acids is 1. The molecule has 0 saturated carbocycles. The van der Waals surface area contributed by atoms with Gasteiger partial charge in [0.1, 0.15) is 5.00 Å². The zero-order chi connectivity index (χ0) is 15.6. The fourth-order valence-corrected chi connectivity index (χ4v) is 4.25. The van der Waals surface area contributed by atoms with Gasteiger partial charge >= 0.3 is 0 Å². The number of likely N-dealkylation sites (tertiary alicyclic amines) is 1. The molecular weight excluding hydrogens is 304 g/mol. The van der Waals surface area contributed by atoms with E-state index in [0.717, 1.165) is 35.8 Å². The zero-order valence-corrected chi connectivity index (χ0v) is 13.9. The van der Waals surface area contributed by atoms with Gasteiger partial charge in [-0.25, -0.2) is 0 Å². The van der Waals surface area contributed by atoms with E-state index in [0.29, 0.717) is 0 Å². The standard InChI is InChI=1S/C19H20N2OS/c22-19(20-12-5-1-2-6-13-20)17-9-10-18(23-17)21-14-11-15-7-3-4-8-16(15)21/h3-4,7-11,14H,1-2,5-6,12-13H2. The lowest BCUT2D eigenvalue weighted by molar-refractivity contribution is 0.0766. The first-order valence-corrected chi connectivity index (χ1v) is 9.10. The Morgan fingerprint density at radius 3 is 2.52 bits per heavy atom. The summed E-state index contributed by atoms with van der Waals surface area (Å²) in [5.74, 6) is 0.194. The summed E-state index contributed by atoms with van der Waals surface area (Å²) in [5.41, 5.74) is 1.18. The maximum Gasteiger partial charge on any atom is 0.263 e. The lowest BCUT2D eigenvalue weighted by Crippen LogP contribution is -2.31. The topological polar surface area (TPSA) is 25.2 Å². The van der Waals surface area contributed by atoms with Crippen LogP contribution in [0.1, 0.15) is 35.4 Å². The van der Waals surface area contributed by atoms with Gasteiger partial charge in [0.15, 0.2) is 0 Å². The first-order chi connectivity index (χ1) is 11.3. The summed E-state index contributed by atoms with van der Waals surface area (Å²) < 4.78 is 2.17. The highest BCUT2D eigenvalue weighted by Crippen LogP contribution is 2.27. The zero-order valence-electron chi connectivity index (χ0n) is 13.1. The van der Waals surface area contributed by atoms with Crippen LogP contribution in [-0.2, 0) is 0 Å². The molecule has 1 fully saturated rings. The van der Waals surface area contributed by atoms with Gasteiger partial charge in [0.25, 0.3) is 5.91 Å². The molecule has 1 aliphatic heterocycles. The lowest BCUT2D eigenvalue weighted by Gasteiger charge is -2.19. The number of rotatable bonds is 2. The summed E-state index contributed by atoms with van der Waals surface area (Å²) in [6.07, 6.45) is 6.83. The molecule has 3 nitrogen and oxygen atoms in total. The van der Waals surface area contributed by atoms with Crippen LogP contribution >= 0.6 is 11.3 Å². The number of nitrogens with zero attached hydrogens (tertiary/aromatic N) is 2. The lowest BCUT2D eigenvalue weighted by atomic mass is 10.2. The van der Waals surface area contributed by atoms with Crippen molar-refractivity contribution in [1.82, 2.24) is 9.47 Å². The van der Waals surface area contributed by atoms with Crippen LogP contribution in [0.5, 0.6) is 0 Å². The second kappa shape index (κ2) is 6.20. The minimum absolute atomic E-state index is 0.194. The number of hydrogen-bond donors (Lipinski definition) is 0. The molecule has 0 spiro atoms. The minimum Gasteiger partial charge on any atom is -0.338 e. The van der Waals surface area contributed by atoms with Crippen molar-refractivity contribution in [2.45, 2.75) is 25.7 Å². The molecule has 2 aromatic heterocycles. The van der Waals surface area contributed by atoms with Crippen molar-refractivity contribution in [3.8, 4) is 5.00 Å². The maximum absolute atomic E-state index is 12.7. The molecule has 4 rings (SSSR count). The van der Waals surface area contributed by atoms with Gasteiger partial charge in [-0.1, -0.05) is 31.0 Å². The Kier molecular flexibility index (Phi) is 3.92. The van der Waals surface area contributed by atoms with E-state index in [4.69, 9.17) is 0 Å². The monoisotopic (exact) mass is 324 g/mol. The average molecular weight is 324 g/mol. The van der Waals surface area contributed by atoms with E-state index >= 15 is 0 Å². The van der Waals surface area contributed by atoms with Gasteiger partial charge in [-0.05, 0) is 42.5 Å². The van der Waals surface area contributed by atoms with Crippen molar-refractivity contribution in [2.75, 3.05) is 13.1 Å². The molecule has 23 heavy (non-hydrogen) atoms. The van der Waals surface area contributed by atoms with Gasteiger partial charge in [-0.3, -0.25) is 4.79 Å². The third-order valence-electron chi connectivity index (χ3n) is 4.53. The molecule has 1 aromatic carbocycles. The van der Waals surface area contributed by atoms with Gasteiger partial charge < -0.3 is 9.47 Å². The van der Waals surface area contributed by atoms with Crippen molar-refractivity contribution >= 4 is 28.1 Å². The quantitative estimate of drug-likeness (QED) is 0.670. The van der Waals surface area contributed by atoms with E-state index < -0.39 is 0 Å². The molecule has 3 heterocycles. The van der Waals surface area contributed by atoms with Crippen molar-refractivity contribution in [1.29, 1.82) is 0 Å². The average Bonchev–Trinajstić information content (AvgIpc) is 3.13. The van der Waals surface area contributed by atoms with Crippen LogP contribution in [0.4, 0.5) is 0 Å². The number of aromatic nitrogens is 1. The smallest absolute Gasteiger partial charge is 0.263 e. The Morgan fingerprint density at radius 1 is 0.913 bits per heavy atom. The molecule has 1 aliphatic rings. The number of hydrogen-bond acceptors (Lipinski definition) is 2. The van der Waals surface area contributed by atoms with Crippen molar-refractivity contribution < 1.29 is 4.79 Å². The third kappa shape index (κ3) is 2.79. The molecular formula is C19H20N2OS. The number of thiophene rings is 1. The molecule has 0 atom stereocenters. The van der Waals surface area contributed by atoms with Crippen LogP contribution < -0.4 is 0 Å². The number of carbonyl (C=O) groups is 1. The second-order valence-electron chi connectivity index (χ2n) is 6.09. The molecule has 3 aromatic rings. The highest BCUT2D eigenvalue weighted by atomic mass is 32.1. The molecule has 0 bridgehead atoms. The normalized spacial score (nSPS) is 15.7. The van der Waals surface area contributed by atoms with Crippen molar-refractivity contribution in [3.63, 3.8) is 0 Å². The van der Waals surface area contributed by atoms with Gasteiger partial charge in [-0.2, -0.15) is 0 Å². The van der Waals surface area contributed by atoms with Crippen LogP contribution in [0.3, 0.4) is 0 Å². The first-order valence-electron chi connectivity index (χ1n) is 8.28. The Balaban J connectivity index is 1.62. The summed E-state index contributed by atoms with van der Waals surface area (Å²) in [5, 5.41) is 2.32. The van der Waals surface area contributed by atoms with Gasteiger partial charge in [-0.15, -0.1) is 11.3 Å². The number of para-hydroxylation sites is 1. The molecule has 4 heteroatoms. The SMILES string of the molecule is O=C(c1ccc(-n2ccc3ccccc32)s1)N1CCCCCC1. The van der Waals surface area contributed by atoms with Gasteiger partial charge in [0, 0.05) is 19.3 Å². The summed E-state index contributed by atoms with van der Waals surface area (Å²) in [7, 11) is 0. The van der Waals surface area contributed by atoms with Crippen LogP contribution in [0.25, 0.3) is 15.9 Å². The maximum atomic E-state index is 12.7. The summed E-state index contributed by atoms with van der Waals surface area (Å²) in [6, 6.07) is 14.5. The Hall–Kier alpha value is -2.07. The molecule has 0 N–H and O–H groups in total. The highest BCUT2D eigenvalue weighted by molar-refractivity contribution is 7.16. The van der Waals surface area contributed by atoms with Crippen LogP contribution in [-0.4, -0.2) is 28.5 Å². The van der Waals surface area contributed by atoms with Gasteiger partial charge in [0.2, 0.25) is 0 Å². The fourth-order valence-electron chi connectivity index (χ4n) is 3.28. The van der Waals surface area contributed by atoms with E-state index in [1.54, 1.807) is 11.3 Å². The molecule has 0 unspecified atom stereocenters. The Bertz CT molecular complexity index is 825. The fraction of sp³-hybridized carbons (Fsp3) is 0.316. The third-order valence-corrected chi connectivity index (χ3v) is 5.61. The van der Waals surface area contributed by atoms with Crippen molar-refractivity contribution in [3.05, 3.63) is 53.5 Å². The number of amides is 1. The minimum atomic E-state index is 0.194.